The summed E-state index contributed by atoms with van der Waals surface area (Å²) in [4.78, 5) is 12.6. The number of benzene rings is 2. The van der Waals surface area contributed by atoms with Gasteiger partial charge in [-0.05, 0) is 36.1 Å². The molecule has 0 aliphatic carbocycles. The van der Waals surface area contributed by atoms with Gasteiger partial charge in [0.15, 0.2) is 0 Å². The van der Waals surface area contributed by atoms with Crippen LogP contribution in [0.4, 0.5) is 11.5 Å². The van der Waals surface area contributed by atoms with Gasteiger partial charge in [-0.1, -0.05) is 36.4 Å². The monoisotopic (exact) mass is 324 g/mol. The molecule has 2 N–H and O–H groups in total. The number of hydrogen-bond donors (Lipinski definition) is 2. The molecule has 0 spiro atoms. The molecule has 2 aromatic carbocycles. The highest BCUT2D eigenvalue weighted by molar-refractivity contribution is 6.20. The normalized spacial score (nSPS) is 11.4. The van der Waals surface area contributed by atoms with Crippen LogP contribution in [-0.2, 0) is 0 Å². The van der Waals surface area contributed by atoms with Crippen LogP contribution in [0.15, 0.2) is 67.0 Å². The first-order valence-electron chi connectivity index (χ1n) is 8.27. The van der Waals surface area contributed by atoms with Crippen LogP contribution in [0.1, 0.15) is 5.56 Å². The molecule has 0 saturated heterocycles. The van der Waals surface area contributed by atoms with E-state index < -0.39 is 0 Å². The molecule has 0 radical (unpaired) electrons. The van der Waals surface area contributed by atoms with E-state index in [0.29, 0.717) is 0 Å². The van der Waals surface area contributed by atoms with Crippen LogP contribution in [0.25, 0.3) is 32.7 Å². The minimum atomic E-state index is 0.855. The van der Waals surface area contributed by atoms with Crippen LogP contribution < -0.4 is 5.32 Å². The maximum Gasteiger partial charge on any atom is 0.141 e. The van der Waals surface area contributed by atoms with Gasteiger partial charge < -0.3 is 10.3 Å². The summed E-state index contributed by atoms with van der Waals surface area (Å²) in [5.74, 6) is 0.855. The van der Waals surface area contributed by atoms with Crippen molar-refractivity contribution in [3.8, 4) is 0 Å². The molecule has 0 aliphatic rings. The molecule has 0 amide bonds. The zero-order valence-corrected chi connectivity index (χ0v) is 13.7. The standard InChI is InChI=1S/C21H16N4/c1-13-5-4-6-14(11-13)23-20-16-8-3-2-7-15(16)19-17-12-22-10-9-18(17)24-21(19)25-20/h2-12H,1H3,(H2,23,24,25). The van der Waals surface area contributed by atoms with E-state index in [1.807, 2.05) is 24.4 Å². The first-order chi connectivity index (χ1) is 12.3. The second kappa shape index (κ2) is 5.31. The molecule has 120 valence electrons. The van der Waals surface area contributed by atoms with Crippen LogP contribution in [0.2, 0.25) is 0 Å². The van der Waals surface area contributed by atoms with Crippen molar-refractivity contribution in [3.05, 3.63) is 72.6 Å². The van der Waals surface area contributed by atoms with Gasteiger partial charge in [-0.2, -0.15) is 0 Å². The average molecular weight is 324 g/mol. The van der Waals surface area contributed by atoms with E-state index in [-0.39, 0.29) is 0 Å². The molecule has 0 saturated carbocycles. The molecule has 25 heavy (non-hydrogen) atoms. The van der Waals surface area contributed by atoms with Crippen LogP contribution in [-0.4, -0.2) is 15.0 Å². The van der Waals surface area contributed by atoms with Gasteiger partial charge >= 0.3 is 0 Å². The van der Waals surface area contributed by atoms with Gasteiger partial charge in [0, 0.05) is 34.2 Å². The van der Waals surface area contributed by atoms with E-state index in [1.165, 1.54) is 10.9 Å². The first kappa shape index (κ1) is 14.0. The lowest BCUT2D eigenvalue weighted by Crippen LogP contribution is -1.96. The Hall–Kier alpha value is -3.40. The number of anilines is 2. The number of rotatable bonds is 2. The molecule has 0 unspecified atom stereocenters. The summed E-state index contributed by atoms with van der Waals surface area (Å²) < 4.78 is 0. The second-order valence-electron chi connectivity index (χ2n) is 6.27. The van der Waals surface area contributed by atoms with Crippen molar-refractivity contribution >= 4 is 44.2 Å². The first-order valence-corrected chi connectivity index (χ1v) is 8.27. The molecule has 3 heterocycles. The van der Waals surface area contributed by atoms with Crippen molar-refractivity contribution in [1.82, 2.24) is 15.0 Å². The minimum absolute atomic E-state index is 0.855. The van der Waals surface area contributed by atoms with E-state index in [9.17, 15) is 0 Å². The summed E-state index contributed by atoms with van der Waals surface area (Å²) in [5.41, 5.74) is 4.18. The molecule has 5 aromatic rings. The van der Waals surface area contributed by atoms with Crippen molar-refractivity contribution < 1.29 is 0 Å². The molecule has 0 bridgehead atoms. The highest BCUT2D eigenvalue weighted by Gasteiger charge is 2.13. The maximum absolute atomic E-state index is 4.87. The molecule has 0 fully saturated rings. The fourth-order valence-corrected chi connectivity index (χ4v) is 3.41. The third kappa shape index (κ3) is 2.22. The summed E-state index contributed by atoms with van der Waals surface area (Å²) in [6, 6.07) is 18.7. The summed E-state index contributed by atoms with van der Waals surface area (Å²) in [6.45, 7) is 2.09. The number of pyridine rings is 2. The van der Waals surface area contributed by atoms with Gasteiger partial charge in [0.05, 0.1) is 5.52 Å². The van der Waals surface area contributed by atoms with Gasteiger partial charge in [-0.3, -0.25) is 4.98 Å². The lowest BCUT2D eigenvalue weighted by Gasteiger charge is -2.10. The van der Waals surface area contributed by atoms with E-state index in [2.05, 4.69) is 58.6 Å². The Bertz CT molecular complexity index is 1240. The maximum atomic E-state index is 4.87. The van der Waals surface area contributed by atoms with Crippen molar-refractivity contribution in [2.75, 3.05) is 5.32 Å². The molecule has 3 aromatic heterocycles. The van der Waals surface area contributed by atoms with Crippen molar-refractivity contribution in [3.63, 3.8) is 0 Å². The predicted octanol–water partition coefficient (Wildman–Crippen LogP) is 5.32. The lowest BCUT2D eigenvalue weighted by molar-refractivity contribution is 1.33. The lowest BCUT2D eigenvalue weighted by atomic mass is 10.1. The topological polar surface area (TPSA) is 53.6 Å². The number of H-pyrrole nitrogens is 1. The van der Waals surface area contributed by atoms with Crippen LogP contribution in [0.5, 0.6) is 0 Å². The quantitative estimate of drug-likeness (QED) is 0.462. The zero-order valence-electron chi connectivity index (χ0n) is 13.7. The number of aromatic amines is 1. The molecule has 5 rings (SSSR count). The minimum Gasteiger partial charge on any atom is -0.340 e. The van der Waals surface area contributed by atoms with E-state index >= 15 is 0 Å². The van der Waals surface area contributed by atoms with Gasteiger partial charge in [-0.25, -0.2) is 4.98 Å². The summed E-state index contributed by atoms with van der Waals surface area (Å²) >= 11 is 0. The van der Waals surface area contributed by atoms with Crippen molar-refractivity contribution in [1.29, 1.82) is 0 Å². The summed E-state index contributed by atoms with van der Waals surface area (Å²) in [6.07, 6.45) is 3.70. The summed E-state index contributed by atoms with van der Waals surface area (Å²) in [7, 11) is 0. The molecular formula is C21H16N4. The largest absolute Gasteiger partial charge is 0.340 e. The van der Waals surface area contributed by atoms with Gasteiger partial charge in [0.1, 0.15) is 11.5 Å². The smallest absolute Gasteiger partial charge is 0.141 e. The fourth-order valence-electron chi connectivity index (χ4n) is 3.41. The van der Waals surface area contributed by atoms with Crippen molar-refractivity contribution in [2.24, 2.45) is 0 Å². The highest BCUT2D eigenvalue weighted by Crippen LogP contribution is 2.34. The third-order valence-electron chi connectivity index (χ3n) is 4.54. The Labute approximate surface area is 144 Å². The highest BCUT2D eigenvalue weighted by atomic mass is 15.0. The Morgan fingerprint density at radius 2 is 1.80 bits per heavy atom. The number of nitrogens with one attached hydrogen (secondary N) is 2. The molecule has 0 atom stereocenters. The van der Waals surface area contributed by atoms with E-state index in [4.69, 9.17) is 4.98 Å². The van der Waals surface area contributed by atoms with Gasteiger partial charge in [0.2, 0.25) is 0 Å². The van der Waals surface area contributed by atoms with Crippen molar-refractivity contribution in [2.45, 2.75) is 6.92 Å². The number of nitrogens with zero attached hydrogens (tertiary/aromatic N) is 2. The SMILES string of the molecule is Cc1cccc(Nc2nc3[nH]c4ccncc4c3c3ccccc23)c1. The van der Waals surface area contributed by atoms with Crippen LogP contribution in [0, 0.1) is 6.92 Å². The molecule has 4 heteroatoms. The Morgan fingerprint density at radius 3 is 2.68 bits per heavy atom. The third-order valence-corrected chi connectivity index (χ3v) is 4.54. The van der Waals surface area contributed by atoms with Crippen LogP contribution in [0.3, 0.4) is 0 Å². The van der Waals surface area contributed by atoms with E-state index in [1.54, 1.807) is 6.20 Å². The Kier molecular flexibility index (Phi) is 2.97. The number of fused-ring (bicyclic) bond motifs is 5. The fraction of sp³-hybridized carbons (Fsp3) is 0.0476. The number of hydrogen-bond acceptors (Lipinski definition) is 3. The number of aryl methyl sites for hydroxylation is 1. The summed E-state index contributed by atoms with van der Waals surface area (Å²) in [5, 5.41) is 7.96. The zero-order chi connectivity index (χ0) is 16.8. The van der Waals surface area contributed by atoms with Crippen LogP contribution >= 0.6 is 0 Å². The predicted molar refractivity (Wildman–Crippen MR) is 103 cm³/mol. The molecule has 4 nitrogen and oxygen atoms in total. The van der Waals surface area contributed by atoms with Gasteiger partial charge in [-0.15, -0.1) is 0 Å². The number of aromatic nitrogens is 3. The van der Waals surface area contributed by atoms with Gasteiger partial charge in [0.25, 0.3) is 0 Å². The van der Waals surface area contributed by atoms with E-state index in [0.717, 1.165) is 38.8 Å². The Morgan fingerprint density at radius 1 is 0.920 bits per heavy atom. The molecular weight excluding hydrogens is 308 g/mol. The second-order valence-corrected chi connectivity index (χ2v) is 6.27. The molecule has 0 aliphatic heterocycles. The average Bonchev–Trinajstić information content (AvgIpc) is 3.00. The Balaban J connectivity index is 1.82.